The van der Waals surface area contributed by atoms with E-state index in [-0.39, 0.29) is 0 Å². The molecule has 0 aliphatic heterocycles. The molecule has 2 nitrogen and oxygen atoms in total. The number of rotatable bonds is 2. The van der Waals surface area contributed by atoms with Gasteiger partial charge >= 0.3 is 0 Å². The van der Waals surface area contributed by atoms with Gasteiger partial charge in [0, 0.05) is 0 Å². The van der Waals surface area contributed by atoms with Crippen LogP contribution in [-0.4, -0.2) is 11.9 Å². The summed E-state index contributed by atoms with van der Waals surface area (Å²) in [5, 5.41) is 10.0. The Kier molecular flexibility index (Phi) is 3.34. The van der Waals surface area contributed by atoms with Crippen LogP contribution in [0.1, 0.15) is 13.8 Å². The maximum absolute atomic E-state index is 10.0. The van der Waals surface area contributed by atoms with Crippen molar-refractivity contribution in [2.75, 3.05) is 0 Å². The molecule has 2 atom stereocenters. The number of hydrogen-bond donors (Lipinski definition) is 0. The molecule has 43 valence electrons. The number of ether oxygens (including phenoxy) is 1. The molecule has 0 heterocycles. The van der Waals surface area contributed by atoms with Crippen LogP contribution in [-0.2, 0) is 9.84 Å². The molecule has 0 saturated heterocycles. The van der Waals surface area contributed by atoms with Crippen LogP contribution in [0, 0.1) is 0 Å². The molecule has 0 saturated carbocycles. The lowest BCUT2D eigenvalue weighted by atomic mass is 10.7. The maximum atomic E-state index is 10.0. The molecule has 7 heavy (non-hydrogen) atoms. The van der Waals surface area contributed by atoms with E-state index in [4.69, 9.17) is 11.6 Å². The van der Waals surface area contributed by atoms with Crippen molar-refractivity contribution < 1.29 is 9.84 Å². The third kappa shape index (κ3) is 6.21. The molecule has 1 radical (unpaired) electrons. The predicted molar refractivity (Wildman–Crippen MR) is 26.5 cm³/mol. The molecule has 0 rings (SSSR count). The van der Waals surface area contributed by atoms with Gasteiger partial charge in [-0.2, -0.15) is 0 Å². The van der Waals surface area contributed by atoms with Gasteiger partial charge in [0.2, 0.25) is 0 Å². The van der Waals surface area contributed by atoms with Crippen LogP contribution in [0.15, 0.2) is 0 Å². The SMILES string of the molecule is CC([O])OC(C)Cl. The van der Waals surface area contributed by atoms with Crippen LogP contribution in [0.3, 0.4) is 0 Å². The fourth-order valence-corrected chi connectivity index (χ4v) is 0.409. The molecular weight excluding hydrogens is 115 g/mol. The summed E-state index contributed by atoms with van der Waals surface area (Å²) in [6.45, 7) is 3.01. The summed E-state index contributed by atoms with van der Waals surface area (Å²) in [5.74, 6) is 0. The fourth-order valence-electron chi connectivity index (χ4n) is 0.264. The van der Waals surface area contributed by atoms with Gasteiger partial charge in [-0.1, -0.05) is 11.6 Å². The van der Waals surface area contributed by atoms with E-state index in [9.17, 15) is 5.11 Å². The Balaban J connectivity index is 2.95. The van der Waals surface area contributed by atoms with Gasteiger partial charge in [-0.25, -0.2) is 5.11 Å². The normalized spacial score (nSPS) is 18.9. The van der Waals surface area contributed by atoms with Crippen molar-refractivity contribution in [3.05, 3.63) is 0 Å². The Morgan fingerprint density at radius 2 is 2.00 bits per heavy atom. The molecular formula is C4H8ClO2. The van der Waals surface area contributed by atoms with Crippen molar-refractivity contribution in [2.45, 2.75) is 25.7 Å². The van der Waals surface area contributed by atoms with E-state index in [0.717, 1.165) is 0 Å². The summed E-state index contributed by atoms with van der Waals surface area (Å²) in [4.78, 5) is 0. The van der Waals surface area contributed by atoms with Crippen LogP contribution in [0.25, 0.3) is 0 Å². The Hall–Kier alpha value is 0.210. The highest BCUT2D eigenvalue weighted by molar-refractivity contribution is 6.19. The zero-order valence-electron chi connectivity index (χ0n) is 4.35. The minimum Gasteiger partial charge on any atom is -0.331 e. The van der Waals surface area contributed by atoms with Gasteiger partial charge in [-0.05, 0) is 13.8 Å². The van der Waals surface area contributed by atoms with Gasteiger partial charge in [0.1, 0.15) is 5.56 Å². The molecule has 0 N–H and O–H groups in total. The fraction of sp³-hybridized carbons (Fsp3) is 1.00. The first-order chi connectivity index (χ1) is 3.13. The monoisotopic (exact) mass is 123 g/mol. The van der Waals surface area contributed by atoms with Crippen molar-refractivity contribution in [3.63, 3.8) is 0 Å². The van der Waals surface area contributed by atoms with Gasteiger partial charge in [0.15, 0.2) is 6.29 Å². The van der Waals surface area contributed by atoms with Crippen molar-refractivity contribution in [1.82, 2.24) is 0 Å². The van der Waals surface area contributed by atoms with Crippen LogP contribution < -0.4 is 0 Å². The zero-order chi connectivity index (χ0) is 5.86. The molecule has 0 fully saturated rings. The van der Waals surface area contributed by atoms with Crippen LogP contribution in [0.5, 0.6) is 0 Å². The van der Waals surface area contributed by atoms with E-state index in [1.807, 2.05) is 0 Å². The Bertz CT molecular complexity index is 39.0. The molecule has 0 aromatic rings. The molecule has 0 bridgehead atoms. The highest BCUT2D eigenvalue weighted by Gasteiger charge is 1.99. The minimum atomic E-state index is -1.01. The molecule has 0 aromatic heterocycles. The van der Waals surface area contributed by atoms with Crippen LogP contribution in [0.2, 0.25) is 0 Å². The van der Waals surface area contributed by atoms with Gasteiger partial charge in [-0.3, -0.25) is 0 Å². The predicted octanol–water partition coefficient (Wildman–Crippen LogP) is 1.36. The van der Waals surface area contributed by atoms with Crippen LogP contribution >= 0.6 is 11.6 Å². The zero-order valence-corrected chi connectivity index (χ0v) is 5.11. The smallest absolute Gasteiger partial charge is 0.190 e. The summed E-state index contributed by atoms with van der Waals surface area (Å²) in [7, 11) is 0. The summed E-state index contributed by atoms with van der Waals surface area (Å²) in [5.41, 5.74) is -0.465. The first-order valence-electron chi connectivity index (χ1n) is 2.08. The van der Waals surface area contributed by atoms with Gasteiger partial charge < -0.3 is 4.74 Å². The van der Waals surface area contributed by atoms with Gasteiger partial charge in [-0.15, -0.1) is 0 Å². The first-order valence-corrected chi connectivity index (χ1v) is 2.52. The topological polar surface area (TPSA) is 29.1 Å². The minimum absolute atomic E-state index is 0.465. The summed E-state index contributed by atoms with van der Waals surface area (Å²) in [6, 6.07) is 0. The molecule has 0 spiro atoms. The van der Waals surface area contributed by atoms with Crippen molar-refractivity contribution >= 4 is 11.6 Å². The quantitative estimate of drug-likeness (QED) is 0.403. The summed E-state index contributed by atoms with van der Waals surface area (Å²) >= 11 is 5.25. The second-order valence-corrected chi connectivity index (χ2v) is 1.86. The van der Waals surface area contributed by atoms with E-state index < -0.39 is 11.9 Å². The molecule has 2 unspecified atom stereocenters. The van der Waals surface area contributed by atoms with E-state index in [2.05, 4.69) is 4.74 Å². The van der Waals surface area contributed by atoms with Gasteiger partial charge in [0.25, 0.3) is 0 Å². The number of hydrogen-bond acceptors (Lipinski definition) is 1. The molecule has 0 aliphatic rings. The highest BCUT2D eigenvalue weighted by Crippen LogP contribution is 1.98. The number of halogens is 1. The molecule has 3 heteroatoms. The third-order valence-corrected chi connectivity index (χ3v) is 0.482. The van der Waals surface area contributed by atoms with Crippen LogP contribution in [0.4, 0.5) is 0 Å². The molecule has 0 aromatic carbocycles. The maximum Gasteiger partial charge on any atom is 0.190 e. The average molecular weight is 124 g/mol. The summed E-state index contributed by atoms with van der Waals surface area (Å²) in [6.07, 6.45) is -1.01. The molecule has 0 aliphatic carbocycles. The standard InChI is InChI=1S/C4H8ClO2/c1-3(5)7-4(2)6/h3-4H,1-2H3. The Morgan fingerprint density at radius 1 is 1.57 bits per heavy atom. The van der Waals surface area contributed by atoms with Crippen molar-refractivity contribution in [2.24, 2.45) is 0 Å². The molecule has 0 amide bonds. The Labute approximate surface area is 48.0 Å². The second kappa shape index (κ2) is 3.24. The number of alkyl halides is 1. The lowest BCUT2D eigenvalue weighted by Gasteiger charge is -2.04. The van der Waals surface area contributed by atoms with Crippen molar-refractivity contribution in [1.29, 1.82) is 0 Å². The van der Waals surface area contributed by atoms with E-state index in [0.29, 0.717) is 0 Å². The lowest BCUT2D eigenvalue weighted by molar-refractivity contribution is -0.133. The largest absolute Gasteiger partial charge is 0.331 e. The third-order valence-electron chi connectivity index (χ3n) is 0.379. The van der Waals surface area contributed by atoms with Crippen molar-refractivity contribution in [3.8, 4) is 0 Å². The van der Waals surface area contributed by atoms with E-state index in [1.165, 1.54) is 6.92 Å². The average Bonchev–Trinajstić information content (AvgIpc) is 1.27. The first kappa shape index (κ1) is 7.21. The highest BCUT2D eigenvalue weighted by atomic mass is 35.5. The second-order valence-electron chi connectivity index (χ2n) is 1.25. The lowest BCUT2D eigenvalue weighted by Crippen LogP contribution is -2.08. The van der Waals surface area contributed by atoms with E-state index in [1.54, 1.807) is 6.92 Å². The van der Waals surface area contributed by atoms with E-state index >= 15 is 0 Å². The van der Waals surface area contributed by atoms with Gasteiger partial charge in [0.05, 0.1) is 0 Å². The summed E-state index contributed by atoms with van der Waals surface area (Å²) < 4.78 is 4.46. The Morgan fingerprint density at radius 3 is 2.00 bits per heavy atom.